The fourth-order valence-corrected chi connectivity index (χ4v) is 1.57. The summed E-state index contributed by atoms with van der Waals surface area (Å²) in [5.41, 5.74) is 1.41. The maximum atomic E-state index is 8.78. The Balaban J connectivity index is 2.30. The molecular formula is C14H13N3O2. The average Bonchev–Trinajstić information content (AvgIpc) is 2.48. The number of aromatic nitrogens is 2. The van der Waals surface area contributed by atoms with Gasteiger partial charge in [-0.15, -0.1) is 0 Å². The third kappa shape index (κ3) is 2.99. The molecule has 0 bridgehead atoms. The van der Waals surface area contributed by atoms with E-state index in [0.717, 1.165) is 12.0 Å². The van der Waals surface area contributed by atoms with E-state index in [1.807, 2.05) is 18.2 Å². The number of ether oxygens (including phenoxy) is 2. The van der Waals surface area contributed by atoms with Crippen molar-refractivity contribution in [3.05, 3.63) is 41.7 Å². The second-order valence-electron chi connectivity index (χ2n) is 3.78. The zero-order chi connectivity index (χ0) is 13.7. The van der Waals surface area contributed by atoms with E-state index in [1.165, 1.54) is 12.3 Å². The highest BCUT2D eigenvalue weighted by Gasteiger charge is 2.08. The molecule has 0 saturated carbocycles. The molecule has 19 heavy (non-hydrogen) atoms. The number of rotatable bonds is 4. The van der Waals surface area contributed by atoms with Crippen LogP contribution in [0.3, 0.4) is 0 Å². The molecule has 0 aliphatic rings. The van der Waals surface area contributed by atoms with Crippen LogP contribution in [0.4, 0.5) is 0 Å². The van der Waals surface area contributed by atoms with Gasteiger partial charge in [-0.3, -0.25) is 0 Å². The summed E-state index contributed by atoms with van der Waals surface area (Å²) >= 11 is 0. The average molecular weight is 255 g/mol. The summed E-state index contributed by atoms with van der Waals surface area (Å²) < 4.78 is 10.8. The largest absolute Gasteiger partial charge is 0.493 e. The van der Waals surface area contributed by atoms with Crippen LogP contribution >= 0.6 is 0 Å². The molecule has 1 heterocycles. The topological polar surface area (TPSA) is 68.0 Å². The fraction of sp³-hybridized carbons (Fsp3) is 0.214. The van der Waals surface area contributed by atoms with Gasteiger partial charge in [0.2, 0.25) is 0 Å². The normalized spacial score (nSPS) is 9.74. The van der Waals surface area contributed by atoms with Crippen molar-refractivity contribution >= 4 is 0 Å². The molecule has 2 aromatic rings. The molecule has 0 saturated heterocycles. The van der Waals surface area contributed by atoms with Crippen molar-refractivity contribution in [3.8, 4) is 23.6 Å². The van der Waals surface area contributed by atoms with Gasteiger partial charge < -0.3 is 9.47 Å². The minimum Gasteiger partial charge on any atom is -0.493 e. The van der Waals surface area contributed by atoms with Crippen LogP contribution in [0.5, 0.6) is 17.5 Å². The lowest BCUT2D eigenvalue weighted by Crippen LogP contribution is -1.96. The lowest BCUT2D eigenvalue weighted by Gasteiger charge is -2.10. The second-order valence-corrected chi connectivity index (χ2v) is 3.78. The standard InChI is InChI=1S/C14H13N3O2/c1-3-10-4-5-12(13(8-10)18-2)19-14-16-7-6-11(9-15)17-14/h4-8H,3H2,1-2H3. The summed E-state index contributed by atoms with van der Waals surface area (Å²) in [5, 5.41) is 8.78. The Labute approximate surface area is 111 Å². The molecule has 0 amide bonds. The van der Waals surface area contributed by atoms with Gasteiger partial charge >= 0.3 is 6.01 Å². The number of hydrogen-bond donors (Lipinski definition) is 0. The lowest BCUT2D eigenvalue weighted by atomic mass is 10.1. The van der Waals surface area contributed by atoms with Crippen molar-refractivity contribution in [2.45, 2.75) is 13.3 Å². The van der Waals surface area contributed by atoms with Gasteiger partial charge in [0.15, 0.2) is 11.5 Å². The number of benzene rings is 1. The highest BCUT2D eigenvalue weighted by molar-refractivity contribution is 5.44. The molecule has 0 N–H and O–H groups in total. The molecular weight excluding hydrogens is 242 g/mol. The molecule has 0 radical (unpaired) electrons. The maximum absolute atomic E-state index is 8.78. The Morgan fingerprint density at radius 3 is 2.79 bits per heavy atom. The first-order chi connectivity index (χ1) is 9.26. The van der Waals surface area contributed by atoms with Crippen LogP contribution in [0.2, 0.25) is 0 Å². The van der Waals surface area contributed by atoms with E-state index in [1.54, 1.807) is 13.2 Å². The molecule has 0 spiro atoms. The Bertz CT molecular complexity index is 620. The number of methoxy groups -OCH3 is 1. The predicted octanol–water partition coefficient (Wildman–Crippen LogP) is 2.71. The molecule has 0 aliphatic carbocycles. The first-order valence-corrected chi connectivity index (χ1v) is 5.84. The van der Waals surface area contributed by atoms with Crippen LogP contribution in [-0.4, -0.2) is 17.1 Å². The van der Waals surface area contributed by atoms with Gasteiger partial charge in [0.1, 0.15) is 11.8 Å². The Morgan fingerprint density at radius 1 is 1.26 bits per heavy atom. The highest BCUT2D eigenvalue weighted by Crippen LogP contribution is 2.31. The van der Waals surface area contributed by atoms with Crippen molar-refractivity contribution in [1.29, 1.82) is 5.26 Å². The minimum atomic E-state index is 0.126. The molecule has 5 heteroatoms. The third-order valence-corrected chi connectivity index (χ3v) is 2.59. The van der Waals surface area contributed by atoms with Crippen molar-refractivity contribution < 1.29 is 9.47 Å². The molecule has 0 atom stereocenters. The molecule has 0 fully saturated rings. The third-order valence-electron chi connectivity index (χ3n) is 2.59. The molecule has 0 aliphatic heterocycles. The Kier molecular flexibility index (Phi) is 3.94. The zero-order valence-electron chi connectivity index (χ0n) is 10.8. The molecule has 5 nitrogen and oxygen atoms in total. The monoisotopic (exact) mass is 255 g/mol. The number of nitriles is 1. The summed E-state index contributed by atoms with van der Waals surface area (Å²) in [6.45, 7) is 2.06. The van der Waals surface area contributed by atoms with E-state index in [9.17, 15) is 0 Å². The van der Waals surface area contributed by atoms with Crippen molar-refractivity contribution in [2.75, 3.05) is 7.11 Å². The summed E-state index contributed by atoms with van der Waals surface area (Å²) in [7, 11) is 1.58. The van der Waals surface area contributed by atoms with Gasteiger partial charge in [0.05, 0.1) is 7.11 Å². The van der Waals surface area contributed by atoms with Gasteiger partial charge in [-0.2, -0.15) is 10.2 Å². The predicted molar refractivity (Wildman–Crippen MR) is 69.2 cm³/mol. The Morgan fingerprint density at radius 2 is 2.11 bits per heavy atom. The minimum absolute atomic E-state index is 0.126. The molecule has 96 valence electrons. The van der Waals surface area contributed by atoms with Gasteiger partial charge in [-0.25, -0.2) is 4.98 Å². The summed E-state index contributed by atoms with van der Waals surface area (Å²) in [6, 6.07) is 9.24. The first kappa shape index (κ1) is 12.8. The van der Waals surface area contributed by atoms with Gasteiger partial charge in [0, 0.05) is 6.20 Å². The zero-order valence-corrected chi connectivity index (χ0v) is 10.8. The summed E-state index contributed by atoms with van der Waals surface area (Å²) in [5.74, 6) is 1.14. The van der Waals surface area contributed by atoms with Crippen LogP contribution < -0.4 is 9.47 Å². The summed E-state index contributed by atoms with van der Waals surface area (Å²) in [6.07, 6.45) is 2.39. The van der Waals surface area contributed by atoms with E-state index in [0.29, 0.717) is 11.5 Å². The maximum Gasteiger partial charge on any atom is 0.323 e. The number of hydrogen-bond acceptors (Lipinski definition) is 5. The molecule has 1 aromatic heterocycles. The second kappa shape index (κ2) is 5.83. The lowest BCUT2D eigenvalue weighted by molar-refractivity contribution is 0.367. The highest BCUT2D eigenvalue weighted by atomic mass is 16.5. The van der Waals surface area contributed by atoms with E-state index in [-0.39, 0.29) is 11.7 Å². The van der Waals surface area contributed by atoms with Crippen LogP contribution in [0.25, 0.3) is 0 Å². The van der Waals surface area contributed by atoms with Gasteiger partial charge in [-0.05, 0) is 30.2 Å². The van der Waals surface area contributed by atoms with Crippen LogP contribution in [-0.2, 0) is 6.42 Å². The molecule has 2 rings (SSSR count). The fourth-order valence-electron chi connectivity index (χ4n) is 1.57. The van der Waals surface area contributed by atoms with E-state index < -0.39 is 0 Å². The first-order valence-electron chi connectivity index (χ1n) is 5.84. The van der Waals surface area contributed by atoms with Crippen LogP contribution in [0.1, 0.15) is 18.2 Å². The SMILES string of the molecule is CCc1ccc(Oc2nccc(C#N)n2)c(OC)c1. The van der Waals surface area contributed by atoms with Crippen molar-refractivity contribution in [1.82, 2.24) is 9.97 Å². The number of nitrogens with zero attached hydrogens (tertiary/aromatic N) is 3. The van der Waals surface area contributed by atoms with E-state index >= 15 is 0 Å². The van der Waals surface area contributed by atoms with Crippen molar-refractivity contribution in [2.24, 2.45) is 0 Å². The number of aryl methyl sites for hydroxylation is 1. The van der Waals surface area contributed by atoms with Gasteiger partial charge in [0.25, 0.3) is 0 Å². The van der Waals surface area contributed by atoms with E-state index in [4.69, 9.17) is 14.7 Å². The Hall–Kier alpha value is -2.61. The smallest absolute Gasteiger partial charge is 0.323 e. The summed E-state index contributed by atoms with van der Waals surface area (Å²) in [4.78, 5) is 7.92. The molecule has 1 aromatic carbocycles. The van der Waals surface area contributed by atoms with Crippen LogP contribution in [0, 0.1) is 11.3 Å². The quantitative estimate of drug-likeness (QED) is 0.840. The molecule has 0 unspecified atom stereocenters. The van der Waals surface area contributed by atoms with Crippen molar-refractivity contribution in [3.63, 3.8) is 0 Å². The van der Waals surface area contributed by atoms with Crippen LogP contribution in [0.15, 0.2) is 30.5 Å². The van der Waals surface area contributed by atoms with Gasteiger partial charge in [-0.1, -0.05) is 13.0 Å². The van der Waals surface area contributed by atoms with E-state index in [2.05, 4.69) is 16.9 Å².